The molecule has 0 aliphatic carbocycles. The fourth-order valence-electron chi connectivity index (χ4n) is 2.24. The molecule has 0 saturated carbocycles. The van der Waals surface area contributed by atoms with Crippen molar-refractivity contribution < 1.29 is 13.9 Å². The number of hydrogen-bond donors (Lipinski definition) is 1. The Bertz CT molecular complexity index is 700. The molecule has 1 amide bonds. The summed E-state index contributed by atoms with van der Waals surface area (Å²) in [6, 6.07) is 4.55. The molecule has 3 rings (SSSR count). The van der Waals surface area contributed by atoms with Gasteiger partial charge in [0.15, 0.2) is 0 Å². The second kappa shape index (κ2) is 6.70. The fraction of sp³-hybridized carbons (Fsp3) is 0.312. The number of anilines is 2. The van der Waals surface area contributed by atoms with Gasteiger partial charge in [0, 0.05) is 31.2 Å². The Kier molecular flexibility index (Phi) is 4.47. The van der Waals surface area contributed by atoms with Crippen LogP contribution in [0, 0.1) is 12.7 Å². The minimum Gasteiger partial charge on any atom is -0.378 e. The molecule has 1 aliphatic rings. The first-order valence-corrected chi connectivity index (χ1v) is 7.36. The minimum absolute atomic E-state index is 0.322. The van der Waals surface area contributed by atoms with E-state index in [1.165, 1.54) is 18.5 Å². The van der Waals surface area contributed by atoms with E-state index in [-0.39, 0.29) is 11.7 Å². The summed E-state index contributed by atoms with van der Waals surface area (Å²) in [5.74, 6) is -0.158. The Morgan fingerprint density at radius 2 is 1.96 bits per heavy atom. The monoisotopic (exact) mass is 316 g/mol. The van der Waals surface area contributed by atoms with Gasteiger partial charge in [-0.05, 0) is 24.6 Å². The summed E-state index contributed by atoms with van der Waals surface area (Å²) < 4.78 is 18.8. The molecule has 0 atom stereocenters. The Balaban J connectivity index is 1.68. The maximum Gasteiger partial charge on any atom is 0.258 e. The van der Waals surface area contributed by atoms with Crippen LogP contribution >= 0.6 is 0 Å². The average molecular weight is 316 g/mol. The minimum atomic E-state index is -0.373. The van der Waals surface area contributed by atoms with Crippen LogP contribution < -0.4 is 10.2 Å². The largest absolute Gasteiger partial charge is 0.378 e. The first-order valence-electron chi connectivity index (χ1n) is 7.36. The summed E-state index contributed by atoms with van der Waals surface area (Å²) in [4.78, 5) is 22.6. The van der Waals surface area contributed by atoms with E-state index in [1.54, 1.807) is 19.1 Å². The molecule has 1 aromatic carbocycles. The number of carbonyl (C=O) groups excluding carboxylic acids is 1. The number of halogens is 1. The summed E-state index contributed by atoms with van der Waals surface area (Å²) in [6.45, 7) is 4.41. The molecular weight excluding hydrogens is 299 g/mol. The highest BCUT2D eigenvalue weighted by Crippen LogP contribution is 2.15. The van der Waals surface area contributed by atoms with Gasteiger partial charge in [-0.25, -0.2) is 14.4 Å². The lowest BCUT2D eigenvalue weighted by Gasteiger charge is -2.26. The molecule has 2 aromatic rings. The van der Waals surface area contributed by atoms with Gasteiger partial charge >= 0.3 is 0 Å². The fourth-order valence-corrected chi connectivity index (χ4v) is 2.24. The van der Waals surface area contributed by atoms with Crippen LogP contribution in [0.2, 0.25) is 0 Å². The summed E-state index contributed by atoms with van der Waals surface area (Å²) in [5, 5.41) is 2.63. The van der Waals surface area contributed by atoms with Gasteiger partial charge in [0.25, 0.3) is 5.91 Å². The molecule has 1 saturated heterocycles. The van der Waals surface area contributed by atoms with E-state index < -0.39 is 0 Å². The summed E-state index contributed by atoms with van der Waals surface area (Å²) in [7, 11) is 0. The van der Waals surface area contributed by atoms with E-state index in [0.717, 1.165) is 13.1 Å². The molecule has 7 heteroatoms. The van der Waals surface area contributed by atoms with Crippen LogP contribution in [-0.4, -0.2) is 42.2 Å². The van der Waals surface area contributed by atoms with Gasteiger partial charge in [-0.1, -0.05) is 6.07 Å². The van der Waals surface area contributed by atoms with Crippen molar-refractivity contribution in [2.45, 2.75) is 6.92 Å². The number of ether oxygens (including phenoxy) is 1. The summed E-state index contributed by atoms with van der Waals surface area (Å²) in [5.41, 5.74) is 1.25. The van der Waals surface area contributed by atoms with E-state index in [1.807, 2.05) is 4.90 Å². The van der Waals surface area contributed by atoms with Crippen molar-refractivity contribution in [1.82, 2.24) is 9.97 Å². The summed E-state index contributed by atoms with van der Waals surface area (Å²) in [6.07, 6.45) is 2.94. The smallest absolute Gasteiger partial charge is 0.258 e. The zero-order valence-electron chi connectivity index (χ0n) is 12.8. The lowest BCUT2D eigenvalue weighted by atomic mass is 10.2. The van der Waals surface area contributed by atoms with Gasteiger partial charge in [0.1, 0.15) is 5.82 Å². The molecule has 2 heterocycles. The number of rotatable bonds is 3. The van der Waals surface area contributed by atoms with Crippen LogP contribution in [-0.2, 0) is 4.74 Å². The first-order chi connectivity index (χ1) is 11.1. The molecular formula is C16H17FN4O2. The molecule has 1 N–H and O–H groups in total. The molecule has 0 bridgehead atoms. The van der Waals surface area contributed by atoms with Crippen LogP contribution in [0.1, 0.15) is 15.9 Å². The van der Waals surface area contributed by atoms with Crippen molar-refractivity contribution in [3.63, 3.8) is 0 Å². The zero-order chi connectivity index (χ0) is 16.2. The van der Waals surface area contributed by atoms with Gasteiger partial charge in [0.05, 0.1) is 18.8 Å². The van der Waals surface area contributed by atoms with Crippen LogP contribution in [0.25, 0.3) is 0 Å². The van der Waals surface area contributed by atoms with E-state index in [2.05, 4.69) is 15.3 Å². The van der Waals surface area contributed by atoms with Crippen LogP contribution in [0.5, 0.6) is 0 Å². The molecule has 0 unspecified atom stereocenters. The maximum absolute atomic E-state index is 13.5. The Morgan fingerprint density at radius 1 is 1.26 bits per heavy atom. The number of nitrogens with zero attached hydrogens (tertiary/aromatic N) is 3. The number of aromatic nitrogens is 2. The lowest BCUT2D eigenvalue weighted by molar-refractivity contribution is 0.102. The number of aryl methyl sites for hydroxylation is 1. The van der Waals surface area contributed by atoms with E-state index in [9.17, 15) is 9.18 Å². The van der Waals surface area contributed by atoms with Gasteiger partial charge < -0.3 is 15.0 Å². The third-order valence-electron chi connectivity index (χ3n) is 3.62. The second-order valence-corrected chi connectivity index (χ2v) is 5.29. The van der Waals surface area contributed by atoms with E-state index in [4.69, 9.17) is 4.74 Å². The van der Waals surface area contributed by atoms with Gasteiger partial charge in [0.2, 0.25) is 5.95 Å². The lowest BCUT2D eigenvalue weighted by Crippen LogP contribution is -2.37. The second-order valence-electron chi connectivity index (χ2n) is 5.29. The van der Waals surface area contributed by atoms with Crippen LogP contribution in [0.4, 0.5) is 16.0 Å². The SMILES string of the molecule is Cc1ccc(NC(=O)c2cnc(N3CCOCC3)nc2)cc1F. The van der Waals surface area contributed by atoms with Gasteiger partial charge in [-0.15, -0.1) is 0 Å². The number of benzene rings is 1. The van der Waals surface area contributed by atoms with E-state index >= 15 is 0 Å². The number of hydrogen-bond acceptors (Lipinski definition) is 5. The first kappa shape index (κ1) is 15.4. The number of amides is 1. The van der Waals surface area contributed by atoms with Crippen molar-refractivity contribution in [1.29, 1.82) is 0 Å². The van der Waals surface area contributed by atoms with Crippen molar-refractivity contribution in [2.75, 3.05) is 36.5 Å². The highest BCUT2D eigenvalue weighted by molar-refractivity contribution is 6.03. The molecule has 6 nitrogen and oxygen atoms in total. The highest BCUT2D eigenvalue weighted by atomic mass is 19.1. The predicted molar refractivity (Wildman–Crippen MR) is 84.2 cm³/mol. The summed E-state index contributed by atoms with van der Waals surface area (Å²) >= 11 is 0. The third kappa shape index (κ3) is 3.62. The predicted octanol–water partition coefficient (Wildman–Crippen LogP) is 2.01. The zero-order valence-corrected chi connectivity index (χ0v) is 12.8. The normalized spacial score (nSPS) is 14.6. The molecule has 23 heavy (non-hydrogen) atoms. The topological polar surface area (TPSA) is 67.4 Å². The molecule has 1 aliphatic heterocycles. The Hall–Kier alpha value is -2.54. The highest BCUT2D eigenvalue weighted by Gasteiger charge is 2.15. The maximum atomic E-state index is 13.5. The van der Waals surface area contributed by atoms with Gasteiger partial charge in [-0.3, -0.25) is 4.79 Å². The van der Waals surface area contributed by atoms with Crippen molar-refractivity contribution >= 4 is 17.5 Å². The van der Waals surface area contributed by atoms with Gasteiger partial charge in [-0.2, -0.15) is 0 Å². The number of carbonyl (C=O) groups is 1. The average Bonchev–Trinajstić information content (AvgIpc) is 2.59. The number of morpholine rings is 1. The Morgan fingerprint density at radius 3 is 2.61 bits per heavy atom. The molecule has 1 fully saturated rings. The Labute approximate surface area is 133 Å². The molecule has 0 radical (unpaired) electrons. The third-order valence-corrected chi connectivity index (χ3v) is 3.62. The quantitative estimate of drug-likeness (QED) is 0.938. The molecule has 1 aromatic heterocycles. The van der Waals surface area contributed by atoms with Crippen molar-refractivity contribution in [2.24, 2.45) is 0 Å². The van der Waals surface area contributed by atoms with Crippen molar-refractivity contribution in [3.05, 3.63) is 47.5 Å². The van der Waals surface area contributed by atoms with E-state index in [0.29, 0.717) is 36.0 Å². The van der Waals surface area contributed by atoms with Crippen molar-refractivity contribution in [3.8, 4) is 0 Å². The van der Waals surface area contributed by atoms with Crippen LogP contribution in [0.3, 0.4) is 0 Å². The van der Waals surface area contributed by atoms with Crippen LogP contribution in [0.15, 0.2) is 30.6 Å². The molecule has 120 valence electrons. The standard InChI is InChI=1S/C16H17FN4O2/c1-11-2-3-13(8-14(11)17)20-15(22)12-9-18-16(19-10-12)21-4-6-23-7-5-21/h2-3,8-10H,4-7H2,1H3,(H,20,22). The molecule has 0 spiro atoms. The number of nitrogens with one attached hydrogen (secondary N) is 1.